The van der Waals surface area contributed by atoms with E-state index in [-0.39, 0.29) is 11.3 Å². The van der Waals surface area contributed by atoms with Crippen molar-refractivity contribution in [2.45, 2.75) is 6.04 Å². The molecule has 0 saturated heterocycles. The molecule has 1 unspecified atom stereocenters. The van der Waals surface area contributed by atoms with E-state index in [4.69, 9.17) is 16.0 Å². The minimum Gasteiger partial charge on any atom is -0.503 e. The van der Waals surface area contributed by atoms with Crippen molar-refractivity contribution in [1.82, 2.24) is 0 Å². The van der Waals surface area contributed by atoms with Crippen molar-refractivity contribution in [2.75, 3.05) is 4.90 Å². The molecule has 1 N–H and O–H groups in total. The second-order valence-electron chi connectivity index (χ2n) is 7.19. The van der Waals surface area contributed by atoms with E-state index in [0.717, 1.165) is 16.3 Å². The van der Waals surface area contributed by atoms with Crippen LogP contribution in [0.25, 0.3) is 10.8 Å². The highest BCUT2D eigenvalue weighted by Gasteiger charge is 2.45. The molecule has 31 heavy (non-hydrogen) atoms. The first kappa shape index (κ1) is 19.2. The summed E-state index contributed by atoms with van der Waals surface area (Å²) < 4.78 is 5.28. The van der Waals surface area contributed by atoms with Gasteiger partial charge in [-0.1, -0.05) is 54.1 Å². The zero-order valence-electron chi connectivity index (χ0n) is 16.2. The summed E-state index contributed by atoms with van der Waals surface area (Å²) >= 11 is 6.03. The van der Waals surface area contributed by atoms with Crippen molar-refractivity contribution in [3.63, 3.8) is 0 Å². The molecule has 0 fully saturated rings. The van der Waals surface area contributed by atoms with Gasteiger partial charge < -0.3 is 9.52 Å². The van der Waals surface area contributed by atoms with Gasteiger partial charge in [0.1, 0.15) is 0 Å². The van der Waals surface area contributed by atoms with Gasteiger partial charge in [0, 0.05) is 10.7 Å². The third-order valence-corrected chi connectivity index (χ3v) is 5.67. The highest BCUT2D eigenvalue weighted by Crippen LogP contribution is 2.44. The van der Waals surface area contributed by atoms with E-state index < -0.39 is 23.5 Å². The zero-order valence-corrected chi connectivity index (χ0v) is 16.9. The number of Topliss-reactive ketones (excluding diaryl/α,β-unsaturated/α-hetero) is 1. The summed E-state index contributed by atoms with van der Waals surface area (Å²) in [4.78, 5) is 27.9. The lowest BCUT2D eigenvalue weighted by molar-refractivity contribution is -0.117. The maximum absolute atomic E-state index is 13.3. The first-order chi connectivity index (χ1) is 15.1. The molecule has 5 nitrogen and oxygen atoms in total. The molecule has 5 rings (SSSR count). The fraction of sp³-hybridized carbons (Fsp3) is 0.0400. The van der Waals surface area contributed by atoms with Gasteiger partial charge in [0.05, 0.1) is 17.9 Å². The molecule has 152 valence electrons. The molecule has 0 aliphatic carbocycles. The van der Waals surface area contributed by atoms with Crippen LogP contribution in [0.15, 0.2) is 101 Å². The number of aliphatic hydroxyl groups excluding tert-OH is 1. The molecule has 1 aromatic heterocycles. The molecule has 0 bridgehead atoms. The van der Waals surface area contributed by atoms with Crippen LogP contribution in [0.4, 0.5) is 5.69 Å². The topological polar surface area (TPSA) is 70.8 Å². The molecule has 1 aliphatic rings. The van der Waals surface area contributed by atoms with E-state index in [0.29, 0.717) is 10.7 Å². The van der Waals surface area contributed by atoms with E-state index >= 15 is 0 Å². The Kier molecular flexibility index (Phi) is 4.60. The number of carbonyl (C=O) groups is 2. The molecule has 0 saturated carbocycles. The highest BCUT2D eigenvalue weighted by atomic mass is 35.5. The van der Waals surface area contributed by atoms with Crippen LogP contribution in [-0.2, 0) is 4.79 Å². The molecule has 2 heterocycles. The van der Waals surface area contributed by atoms with Gasteiger partial charge in [-0.3, -0.25) is 14.5 Å². The number of ketones is 1. The first-order valence-electron chi connectivity index (χ1n) is 9.64. The molecule has 1 amide bonds. The van der Waals surface area contributed by atoms with Crippen LogP contribution in [-0.4, -0.2) is 16.8 Å². The van der Waals surface area contributed by atoms with Gasteiger partial charge >= 0.3 is 0 Å². The fourth-order valence-electron chi connectivity index (χ4n) is 4.03. The normalized spacial score (nSPS) is 16.4. The Labute approximate surface area is 182 Å². The summed E-state index contributed by atoms with van der Waals surface area (Å²) in [5.74, 6) is -1.73. The van der Waals surface area contributed by atoms with Crippen molar-refractivity contribution < 1.29 is 19.1 Å². The minimum atomic E-state index is -0.836. The number of nitrogens with zero attached hydrogens (tertiary/aromatic N) is 1. The number of fused-ring (bicyclic) bond motifs is 1. The summed E-state index contributed by atoms with van der Waals surface area (Å²) in [7, 11) is 0. The van der Waals surface area contributed by atoms with Gasteiger partial charge in [0.2, 0.25) is 5.78 Å². The van der Waals surface area contributed by atoms with Gasteiger partial charge in [-0.25, -0.2) is 0 Å². The average Bonchev–Trinajstić information content (AvgIpc) is 3.41. The third-order valence-electron chi connectivity index (χ3n) is 5.42. The van der Waals surface area contributed by atoms with E-state index in [1.807, 2.05) is 42.5 Å². The Morgan fingerprint density at radius 2 is 1.68 bits per heavy atom. The number of furan rings is 1. The number of benzene rings is 3. The summed E-state index contributed by atoms with van der Waals surface area (Å²) in [5.41, 5.74) is 1.22. The van der Waals surface area contributed by atoms with Crippen LogP contribution < -0.4 is 4.90 Å². The quantitative estimate of drug-likeness (QED) is 0.412. The van der Waals surface area contributed by atoms with E-state index in [2.05, 4.69) is 0 Å². The van der Waals surface area contributed by atoms with Crippen LogP contribution >= 0.6 is 11.6 Å². The molecule has 0 radical (unpaired) electrons. The lowest BCUT2D eigenvalue weighted by atomic mass is 9.91. The maximum Gasteiger partial charge on any atom is 0.294 e. The van der Waals surface area contributed by atoms with Crippen molar-refractivity contribution in [3.8, 4) is 0 Å². The molecule has 6 heteroatoms. The van der Waals surface area contributed by atoms with E-state index in [9.17, 15) is 14.7 Å². The van der Waals surface area contributed by atoms with Gasteiger partial charge in [-0.15, -0.1) is 0 Å². The molecular weight excluding hydrogens is 414 g/mol. The predicted molar refractivity (Wildman–Crippen MR) is 118 cm³/mol. The Hall–Kier alpha value is -3.83. The maximum atomic E-state index is 13.3. The number of carbonyl (C=O) groups excluding carboxylic acids is 2. The summed E-state index contributed by atoms with van der Waals surface area (Å²) in [6.07, 6.45) is 1.38. The number of amides is 1. The van der Waals surface area contributed by atoms with E-state index in [1.165, 1.54) is 17.2 Å². The predicted octanol–water partition coefficient (Wildman–Crippen LogP) is 5.87. The Balaban J connectivity index is 1.76. The fourth-order valence-corrected chi connectivity index (χ4v) is 4.15. The minimum absolute atomic E-state index is 0.0220. The number of halogens is 1. The first-order valence-corrected chi connectivity index (χ1v) is 10.0. The summed E-state index contributed by atoms with van der Waals surface area (Å²) in [6.45, 7) is 0. The van der Waals surface area contributed by atoms with E-state index in [1.54, 1.807) is 30.3 Å². The second kappa shape index (κ2) is 7.45. The summed E-state index contributed by atoms with van der Waals surface area (Å²) in [6, 6.07) is 22.3. The molecule has 4 aromatic rings. The Morgan fingerprint density at radius 1 is 0.935 bits per heavy atom. The Morgan fingerprint density at radius 3 is 2.42 bits per heavy atom. The average molecular weight is 430 g/mol. The van der Waals surface area contributed by atoms with Crippen LogP contribution in [0, 0.1) is 0 Å². The highest BCUT2D eigenvalue weighted by molar-refractivity contribution is 6.30. The van der Waals surface area contributed by atoms with Crippen molar-refractivity contribution in [2.24, 2.45) is 0 Å². The van der Waals surface area contributed by atoms with Crippen LogP contribution in [0.3, 0.4) is 0 Å². The Bertz CT molecular complexity index is 1330. The lowest BCUT2D eigenvalue weighted by Crippen LogP contribution is -2.31. The zero-order chi connectivity index (χ0) is 21.5. The molecule has 1 atom stereocenters. The number of hydrogen-bond acceptors (Lipinski definition) is 4. The lowest BCUT2D eigenvalue weighted by Gasteiger charge is -2.27. The van der Waals surface area contributed by atoms with Crippen LogP contribution in [0.5, 0.6) is 0 Å². The molecule has 0 spiro atoms. The molecule has 3 aromatic carbocycles. The standard InChI is InChI=1S/C25H16ClNO4/c26-16-10-12-17(13-11-16)27-22(19-8-3-6-15-5-1-2-7-18(15)19)21(24(29)25(27)30)23(28)20-9-4-14-31-20/h1-14,22,29H. The van der Waals surface area contributed by atoms with Crippen LogP contribution in [0.2, 0.25) is 5.02 Å². The smallest absolute Gasteiger partial charge is 0.294 e. The van der Waals surface area contributed by atoms with Crippen molar-refractivity contribution in [1.29, 1.82) is 0 Å². The number of rotatable bonds is 4. The largest absolute Gasteiger partial charge is 0.503 e. The van der Waals surface area contributed by atoms with Gasteiger partial charge in [0.15, 0.2) is 11.5 Å². The van der Waals surface area contributed by atoms with Gasteiger partial charge in [-0.05, 0) is 52.7 Å². The van der Waals surface area contributed by atoms with Crippen molar-refractivity contribution >= 4 is 39.8 Å². The van der Waals surface area contributed by atoms with Gasteiger partial charge in [-0.2, -0.15) is 0 Å². The van der Waals surface area contributed by atoms with Gasteiger partial charge in [0.25, 0.3) is 5.91 Å². The molecule has 1 aliphatic heterocycles. The second-order valence-corrected chi connectivity index (χ2v) is 7.63. The number of aliphatic hydroxyl groups is 1. The third kappa shape index (κ3) is 3.10. The number of hydrogen-bond donors (Lipinski definition) is 1. The monoisotopic (exact) mass is 429 g/mol. The van der Waals surface area contributed by atoms with Crippen LogP contribution in [0.1, 0.15) is 22.2 Å². The summed E-state index contributed by atoms with van der Waals surface area (Å²) in [5, 5.41) is 13.2. The number of anilines is 1. The van der Waals surface area contributed by atoms with Crippen molar-refractivity contribution in [3.05, 3.63) is 113 Å². The SMILES string of the molecule is O=C(C1=C(O)C(=O)N(c2ccc(Cl)cc2)C1c1cccc2ccccc12)c1ccco1. The molecular formula is C25H16ClNO4.